The summed E-state index contributed by atoms with van der Waals surface area (Å²) in [5, 5.41) is 12.2. The molecule has 5 N–H and O–H groups in total. The molecule has 0 bridgehead atoms. The third-order valence-corrected chi connectivity index (χ3v) is 15.3. The van der Waals surface area contributed by atoms with Crippen molar-refractivity contribution in [1.82, 2.24) is 29.8 Å². The molecule has 4 aromatic rings. The van der Waals surface area contributed by atoms with Crippen molar-refractivity contribution in [3.8, 4) is 0 Å². The number of hydrogen-bond acceptors (Lipinski definition) is 18. The van der Waals surface area contributed by atoms with E-state index in [0.717, 1.165) is 126 Å². The number of hydrogen-bond donors (Lipinski definition) is 4. The highest BCUT2D eigenvalue weighted by Gasteiger charge is 2.61. The number of ketones is 4. The normalized spacial score (nSPS) is 19.1. The van der Waals surface area contributed by atoms with Crippen LogP contribution in [0.25, 0.3) is 0 Å². The summed E-state index contributed by atoms with van der Waals surface area (Å²) in [6.07, 6.45) is 4.40. The summed E-state index contributed by atoms with van der Waals surface area (Å²) in [5.41, 5.74) is 12.0. The van der Waals surface area contributed by atoms with Crippen LogP contribution in [-0.4, -0.2) is 150 Å². The number of amidine groups is 2. The number of Topliss-reactive ketones (excluding diaryl/α,β-unsaturated/α-hetero) is 2. The first-order valence-electron chi connectivity index (χ1n) is 23.5. The monoisotopic (exact) mass is 997 g/mol. The van der Waals surface area contributed by atoms with Crippen LogP contribution in [0.2, 0.25) is 0 Å². The second kappa shape index (κ2) is 20.4. The number of thiophene rings is 2. The Bertz CT molecular complexity index is 2940. The Labute approximate surface area is 418 Å². The number of nitrogens with one attached hydrogen (secondary N) is 3. The van der Waals surface area contributed by atoms with E-state index in [0.29, 0.717) is 6.54 Å². The predicted molar refractivity (Wildman–Crippen MR) is 275 cm³/mol. The van der Waals surface area contributed by atoms with Crippen molar-refractivity contribution in [1.29, 1.82) is 0 Å². The molecule has 0 radical (unpaired) electrons. The fraction of sp³-hybridized carbons (Fsp3) is 0.353. The summed E-state index contributed by atoms with van der Waals surface area (Å²) in [7, 11) is 4.31. The van der Waals surface area contributed by atoms with Crippen LogP contribution in [0.1, 0.15) is 44.8 Å². The Morgan fingerprint density at radius 2 is 1.10 bits per heavy atom. The summed E-state index contributed by atoms with van der Waals surface area (Å²) in [6, 6.07) is 16.6. The third-order valence-electron chi connectivity index (χ3n) is 13.3. The molecule has 11 rings (SSSR count). The van der Waals surface area contributed by atoms with Gasteiger partial charge < -0.3 is 41.3 Å². The van der Waals surface area contributed by atoms with E-state index in [1.54, 1.807) is 22.7 Å². The van der Waals surface area contributed by atoms with Gasteiger partial charge in [0.2, 0.25) is 11.3 Å². The minimum Gasteiger partial charge on any atom is -0.353 e. The Morgan fingerprint density at radius 1 is 0.648 bits per heavy atom. The van der Waals surface area contributed by atoms with Gasteiger partial charge in [0.15, 0.2) is 23.1 Å². The van der Waals surface area contributed by atoms with Gasteiger partial charge in [-0.1, -0.05) is 12.1 Å². The summed E-state index contributed by atoms with van der Waals surface area (Å²) >= 11 is 3.51. The number of amides is 3. The molecule has 0 unspecified atom stereocenters. The topological polar surface area (TPSA) is 223 Å². The van der Waals surface area contributed by atoms with Crippen LogP contribution in [-0.2, 0) is 46.7 Å². The number of benzene rings is 2. The lowest BCUT2D eigenvalue weighted by molar-refractivity contribution is -0.147. The Morgan fingerprint density at radius 3 is 1.56 bits per heavy atom. The minimum atomic E-state index is -1.94. The van der Waals surface area contributed by atoms with Crippen LogP contribution >= 0.6 is 22.7 Å². The van der Waals surface area contributed by atoms with Gasteiger partial charge in [0, 0.05) is 100 Å². The lowest BCUT2D eigenvalue weighted by Crippen LogP contribution is -2.47. The number of imide groups is 1. The van der Waals surface area contributed by atoms with Crippen LogP contribution in [0.15, 0.2) is 82.8 Å². The molecule has 71 heavy (non-hydrogen) atoms. The summed E-state index contributed by atoms with van der Waals surface area (Å²) < 4.78 is 0. The number of nitrogens with two attached hydrogens (primary N) is 1. The molecule has 0 atom stereocenters. The number of aryl methyl sites for hydroxylation is 2. The zero-order chi connectivity index (χ0) is 50.1. The van der Waals surface area contributed by atoms with Gasteiger partial charge in [-0.3, -0.25) is 38.5 Å². The molecule has 18 nitrogen and oxygen atoms in total. The number of aliphatic imine (C=N–C) groups is 2. The van der Waals surface area contributed by atoms with Gasteiger partial charge in [-0.25, -0.2) is 9.98 Å². The number of nitrogens with zero attached hydrogens (tertiary/aromatic N) is 7. The first-order chi connectivity index (χ1) is 34.1. The van der Waals surface area contributed by atoms with E-state index in [4.69, 9.17) is 15.7 Å². The maximum Gasteiger partial charge on any atom is 0.254 e. The van der Waals surface area contributed by atoms with E-state index >= 15 is 0 Å². The van der Waals surface area contributed by atoms with E-state index in [1.807, 2.05) is 18.2 Å². The van der Waals surface area contributed by atoms with Crippen molar-refractivity contribution in [2.75, 3.05) is 83.6 Å². The fourth-order valence-electron chi connectivity index (χ4n) is 9.26. The highest BCUT2D eigenvalue weighted by Crippen LogP contribution is 2.42. The zero-order valence-electron chi connectivity index (χ0n) is 40.0. The number of fused-ring (bicyclic) bond motifs is 4. The molecule has 368 valence electrons. The first-order valence-corrected chi connectivity index (χ1v) is 25.1. The third kappa shape index (κ3) is 10.0. The maximum absolute atomic E-state index is 12.3. The highest BCUT2D eigenvalue weighted by atomic mass is 32.1. The Kier molecular flexibility index (Phi) is 14.1. The molecule has 1 saturated carbocycles. The quantitative estimate of drug-likeness (QED) is 0.160. The molecule has 1 spiro atoms. The lowest BCUT2D eigenvalue weighted by atomic mass is 9.80. The number of anilines is 4. The summed E-state index contributed by atoms with van der Waals surface area (Å²) in [4.78, 5) is 104. The van der Waals surface area contributed by atoms with Crippen LogP contribution < -0.4 is 21.7 Å². The predicted octanol–water partition coefficient (Wildman–Crippen LogP) is 4.49. The zero-order valence-corrected chi connectivity index (χ0v) is 41.6. The number of allylic oxidation sites excluding steroid dienone is 2. The van der Waals surface area contributed by atoms with Crippen LogP contribution in [0.3, 0.4) is 0 Å². The standard InChI is InChI=1S/C24H26N6O3S.C18H23N5S.C9H6O4/c1-15-11-17-23(29-9-7-28(2)8-10-29)26-19-12-16(3-4-18(19)27-24(17)34-15)13-25-20(31)14-30-21(32)5-6-22(30)33;1-12-9-14-17(23-7-5-22(2)6-8-23)20-16-10-13(11-19)3-4-15(16)21-18(14)24-12;10-5-1-2-6(11)9(5)7(12)3-4-8(9)13/h3-6,11-12,27H,7-10,13-14H2,1-2H3,(H,25,31);3-4,9-10,21H,5-8,11,19H2,1-2H3;1-2H,3-4H2. The van der Waals surface area contributed by atoms with Crippen LogP contribution in [0, 0.1) is 19.3 Å². The van der Waals surface area contributed by atoms with Crippen molar-refractivity contribution in [2.45, 2.75) is 39.8 Å². The van der Waals surface area contributed by atoms with Gasteiger partial charge in [-0.05, 0) is 87.6 Å². The van der Waals surface area contributed by atoms with Gasteiger partial charge in [0.05, 0.1) is 33.9 Å². The van der Waals surface area contributed by atoms with Gasteiger partial charge in [-0.15, -0.1) is 22.7 Å². The van der Waals surface area contributed by atoms with Gasteiger partial charge in [0.1, 0.15) is 28.2 Å². The van der Waals surface area contributed by atoms with E-state index in [1.165, 1.54) is 32.5 Å². The molecule has 20 heteroatoms. The molecule has 7 heterocycles. The largest absolute Gasteiger partial charge is 0.353 e. The van der Waals surface area contributed by atoms with Crippen molar-refractivity contribution in [2.24, 2.45) is 21.1 Å². The van der Waals surface area contributed by atoms with E-state index in [9.17, 15) is 33.6 Å². The second-order valence-electron chi connectivity index (χ2n) is 18.3. The molecule has 5 aliphatic heterocycles. The SMILES string of the molecule is Cc1cc2c(s1)Nc1ccc(CN)cc1N=C2N1CCN(C)CC1.Cc1cc2c(s1)Nc1ccc(CNC(=O)CN3C(=O)C=CC3=O)cc1N=C2N1CCN(C)CC1.O=C1C=CC(=O)C12C(=O)CCC2=O. The molecule has 7 aliphatic rings. The van der Waals surface area contributed by atoms with Crippen LogP contribution in [0.4, 0.5) is 32.8 Å². The lowest BCUT2D eigenvalue weighted by Gasteiger charge is -2.34. The van der Waals surface area contributed by atoms with E-state index < -0.39 is 46.3 Å². The number of likely N-dealkylation sites (N-methyl/N-ethyl adjacent to an activating group) is 2. The van der Waals surface area contributed by atoms with Gasteiger partial charge >= 0.3 is 0 Å². The van der Waals surface area contributed by atoms with Crippen molar-refractivity contribution >= 4 is 108 Å². The first kappa shape index (κ1) is 49.0. The molecule has 3 fully saturated rings. The Hall–Kier alpha value is -6.97. The number of rotatable bonds is 5. The van der Waals surface area contributed by atoms with Gasteiger partial charge in [-0.2, -0.15) is 0 Å². The highest BCUT2D eigenvalue weighted by molar-refractivity contribution is 7.17. The number of carbonyl (C=O) groups is 7. The number of carbonyl (C=O) groups excluding carboxylic acids is 7. The maximum atomic E-state index is 12.3. The molecular formula is C51H55N11O7S2. The van der Waals surface area contributed by atoms with E-state index in [2.05, 4.69) is 93.8 Å². The fourth-order valence-corrected chi connectivity index (χ4v) is 11.1. The van der Waals surface area contributed by atoms with Crippen molar-refractivity contribution < 1.29 is 33.6 Å². The molecule has 2 aromatic carbocycles. The molecular weight excluding hydrogens is 943 g/mol. The van der Waals surface area contributed by atoms with Crippen LogP contribution in [0.5, 0.6) is 0 Å². The molecule has 2 saturated heterocycles. The second-order valence-corrected chi connectivity index (χ2v) is 20.9. The average molecular weight is 998 g/mol. The smallest absolute Gasteiger partial charge is 0.254 e. The molecule has 3 amide bonds. The Balaban J connectivity index is 0.000000146. The molecule has 2 aliphatic carbocycles. The van der Waals surface area contributed by atoms with E-state index in [-0.39, 0.29) is 25.9 Å². The summed E-state index contributed by atoms with van der Waals surface area (Å²) in [5.74, 6) is -1.68. The average Bonchev–Trinajstić information content (AvgIpc) is 4.12. The van der Waals surface area contributed by atoms with Crippen molar-refractivity contribution in [3.63, 3.8) is 0 Å². The van der Waals surface area contributed by atoms with Gasteiger partial charge in [0.25, 0.3) is 11.8 Å². The number of piperazine rings is 2. The minimum absolute atomic E-state index is 0.0119. The van der Waals surface area contributed by atoms with Crippen molar-refractivity contribution in [3.05, 3.63) is 105 Å². The summed E-state index contributed by atoms with van der Waals surface area (Å²) in [6.45, 7) is 12.7. The molecule has 2 aromatic heterocycles.